The van der Waals surface area contributed by atoms with Crippen molar-refractivity contribution in [2.75, 3.05) is 37.7 Å². The molecule has 1 atom stereocenters. The predicted octanol–water partition coefficient (Wildman–Crippen LogP) is 4.66. The smallest absolute Gasteiger partial charge is 0.162 e. The summed E-state index contributed by atoms with van der Waals surface area (Å²) in [5, 5.41) is 3.46. The van der Waals surface area contributed by atoms with Gasteiger partial charge in [0, 0.05) is 41.3 Å². The Morgan fingerprint density at radius 1 is 1.16 bits per heavy atom. The molecule has 0 saturated carbocycles. The summed E-state index contributed by atoms with van der Waals surface area (Å²) < 4.78 is 6.91. The van der Waals surface area contributed by atoms with Gasteiger partial charge < -0.3 is 14.6 Å². The summed E-state index contributed by atoms with van der Waals surface area (Å²) in [6.45, 7) is 7.91. The molecule has 6 rings (SSSR count). The molecule has 0 spiro atoms. The number of nitrogens with zero attached hydrogens (tertiary/aromatic N) is 4. The number of thiophene rings is 1. The maximum Gasteiger partial charge on any atom is 0.162 e. The molecule has 2 saturated heterocycles. The number of ether oxygens (including phenoxy) is 1. The largest absolute Gasteiger partial charge is 0.377 e. The van der Waals surface area contributed by atoms with E-state index in [0.717, 1.165) is 54.5 Å². The summed E-state index contributed by atoms with van der Waals surface area (Å²) in [5.41, 5.74) is 4.64. The highest BCUT2D eigenvalue weighted by Crippen LogP contribution is 2.37. The average molecular weight is 434 g/mol. The summed E-state index contributed by atoms with van der Waals surface area (Å²) in [6.07, 6.45) is 4.59. The Balaban J connectivity index is 1.53. The van der Waals surface area contributed by atoms with Crippen LogP contribution in [0.4, 0.5) is 5.82 Å². The zero-order valence-electron chi connectivity index (χ0n) is 17.8. The third-order valence-electron chi connectivity index (χ3n) is 6.54. The highest BCUT2D eigenvalue weighted by molar-refractivity contribution is 7.18. The van der Waals surface area contributed by atoms with E-state index in [-0.39, 0.29) is 0 Å². The minimum Gasteiger partial charge on any atom is -0.377 e. The van der Waals surface area contributed by atoms with E-state index in [0.29, 0.717) is 6.04 Å². The molecule has 160 valence electrons. The van der Waals surface area contributed by atoms with Crippen LogP contribution in [0.15, 0.2) is 35.8 Å². The normalized spacial score (nSPS) is 20.3. The van der Waals surface area contributed by atoms with E-state index in [2.05, 4.69) is 51.4 Å². The Morgan fingerprint density at radius 3 is 2.94 bits per heavy atom. The van der Waals surface area contributed by atoms with Crippen LogP contribution < -0.4 is 4.90 Å². The predicted molar refractivity (Wildman–Crippen MR) is 127 cm³/mol. The van der Waals surface area contributed by atoms with Gasteiger partial charge in [0.15, 0.2) is 11.6 Å². The first-order chi connectivity index (χ1) is 15.3. The van der Waals surface area contributed by atoms with Crippen LogP contribution in [0.1, 0.15) is 25.3 Å². The molecule has 7 heteroatoms. The molecule has 0 unspecified atom stereocenters. The van der Waals surface area contributed by atoms with Crippen molar-refractivity contribution in [3.05, 3.63) is 41.4 Å². The van der Waals surface area contributed by atoms with Crippen molar-refractivity contribution in [3.8, 4) is 11.4 Å². The first-order valence-electron chi connectivity index (χ1n) is 11.2. The van der Waals surface area contributed by atoms with E-state index in [1.54, 1.807) is 11.3 Å². The first-order valence-corrected chi connectivity index (χ1v) is 12.1. The van der Waals surface area contributed by atoms with Crippen LogP contribution in [0.25, 0.3) is 32.5 Å². The van der Waals surface area contributed by atoms with Gasteiger partial charge in [0.05, 0.1) is 29.5 Å². The van der Waals surface area contributed by atoms with Gasteiger partial charge in [0.25, 0.3) is 0 Å². The number of rotatable bonds is 4. The summed E-state index contributed by atoms with van der Waals surface area (Å²) >= 11 is 1.79. The van der Waals surface area contributed by atoms with Crippen molar-refractivity contribution in [2.24, 2.45) is 0 Å². The van der Waals surface area contributed by atoms with Crippen LogP contribution in [0.3, 0.4) is 0 Å². The van der Waals surface area contributed by atoms with Crippen LogP contribution in [-0.2, 0) is 11.3 Å². The number of aromatic nitrogens is 3. The molecule has 2 fully saturated rings. The Labute approximate surface area is 185 Å². The highest BCUT2D eigenvalue weighted by Gasteiger charge is 2.26. The lowest BCUT2D eigenvalue weighted by Crippen LogP contribution is -2.44. The number of morpholine rings is 1. The molecule has 0 amide bonds. The van der Waals surface area contributed by atoms with E-state index in [4.69, 9.17) is 14.7 Å². The van der Waals surface area contributed by atoms with Crippen molar-refractivity contribution in [2.45, 2.75) is 32.4 Å². The van der Waals surface area contributed by atoms with Crippen LogP contribution >= 0.6 is 11.3 Å². The van der Waals surface area contributed by atoms with Gasteiger partial charge in [-0.15, -0.1) is 11.3 Å². The maximum absolute atomic E-state index is 5.71. The summed E-state index contributed by atoms with van der Waals surface area (Å²) in [4.78, 5) is 18.6. The van der Waals surface area contributed by atoms with Gasteiger partial charge in [-0.2, -0.15) is 0 Å². The second kappa shape index (κ2) is 7.89. The second-order valence-corrected chi connectivity index (χ2v) is 9.53. The Bertz CT molecular complexity index is 1230. The Morgan fingerprint density at radius 2 is 2.06 bits per heavy atom. The van der Waals surface area contributed by atoms with Crippen molar-refractivity contribution in [1.82, 2.24) is 19.9 Å². The minimum absolute atomic E-state index is 0.298. The number of nitrogens with one attached hydrogen (secondary N) is 1. The van der Waals surface area contributed by atoms with Gasteiger partial charge in [-0.1, -0.05) is 12.1 Å². The lowest BCUT2D eigenvalue weighted by atomic mass is 10.1. The van der Waals surface area contributed by atoms with Crippen LogP contribution in [-0.4, -0.2) is 58.7 Å². The third kappa shape index (κ3) is 3.41. The molecular weight excluding hydrogens is 406 g/mol. The number of hydrogen-bond donors (Lipinski definition) is 1. The maximum atomic E-state index is 5.71. The average Bonchev–Trinajstić information content (AvgIpc) is 3.55. The van der Waals surface area contributed by atoms with Crippen LogP contribution in [0.2, 0.25) is 0 Å². The summed E-state index contributed by atoms with van der Waals surface area (Å²) in [7, 11) is 0. The zero-order valence-corrected chi connectivity index (χ0v) is 18.6. The molecule has 3 aromatic heterocycles. The van der Waals surface area contributed by atoms with Crippen molar-refractivity contribution < 1.29 is 4.74 Å². The summed E-state index contributed by atoms with van der Waals surface area (Å²) in [5.74, 6) is 1.87. The topological polar surface area (TPSA) is 57.3 Å². The highest BCUT2D eigenvalue weighted by atomic mass is 32.1. The van der Waals surface area contributed by atoms with Crippen molar-refractivity contribution in [3.63, 3.8) is 0 Å². The molecule has 5 heterocycles. The number of likely N-dealkylation sites (tertiary alicyclic amines) is 1. The van der Waals surface area contributed by atoms with Crippen LogP contribution in [0, 0.1) is 0 Å². The van der Waals surface area contributed by atoms with Crippen molar-refractivity contribution >= 4 is 38.3 Å². The molecule has 1 aromatic carbocycles. The molecule has 2 aliphatic rings. The van der Waals surface area contributed by atoms with Gasteiger partial charge in [-0.05, 0) is 50.4 Å². The van der Waals surface area contributed by atoms with E-state index in [9.17, 15) is 0 Å². The standard InChI is InChI=1S/C24H27N5OS/c1-16-14-30-12-11-29(16)24-22-21(17(15-31-22)13-28-9-2-3-10-28)26-23(27-24)19-5-4-6-20-18(19)7-8-25-20/h4-8,15-16,25H,2-3,9-14H2,1H3/t16-/m1/s1. The molecule has 4 aromatic rings. The molecule has 6 nitrogen and oxygen atoms in total. The molecule has 0 aliphatic carbocycles. The molecule has 1 N–H and O–H groups in total. The van der Waals surface area contributed by atoms with Gasteiger partial charge in [0.1, 0.15) is 0 Å². The van der Waals surface area contributed by atoms with E-state index < -0.39 is 0 Å². The number of aromatic amines is 1. The number of anilines is 1. The van der Waals surface area contributed by atoms with Crippen molar-refractivity contribution in [1.29, 1.82) is 0 Å². The lowest BCUT2D eigenvalue weighted by Gasteiger charge is -2.34. The molecule has 0 bridgehead atoms. The number of hydrogen-bond acceptors (Lipinski definition) is 6. The van der Waals surface area contributed by atoms with Gasteiger partial charge in [-0.25, -0.2) is 9.97 Å². The molecule has 2 aliphatic heterocycles. The summed E-state index contributed by atoms with van der Waals surface area (Å²) in [6, 6.07) is 8.74. The molecular formula is C24H27N5OS. The van der Waals surface area contributed by atoms with E-state index in [1.807, 2.05) is 6.20 Å². The zero-order chi connectivity index (χ0) is 20.8. The minimum atomic E-state index is 0.298. The third-order valence-corrected chi connectivity index (χ3v) is 7.55. The number of H-pyrrole nitrogens is 1. The SMILES string of the molecule is C[C@@H]1COCCN1c1nc(-c2cccc3[nH]ccc23)nc2c(CN3CCCC3)csc12. The molecule has 0 radical (unpaired) electrons. The fourth-order valence-corrected chi connectivity index (χ4v) is 5.88. The Hall–Kier alpha value is -2.48. The number of fused-ring (bicyclic) bond motifs is 2. The van der Waals surface area contributed by atoms with E-state index >= 15 is 0 Å². The Kier molecular flexibility index (Phi) is 4.89. The van der Waals surface area contributed by atoms with Gasteiger partial charge >= 0.3 is 0 Å². The second-order valence-electron chi connectivity index (χ2n) is 8.65. The van der Waals surface area contributed by atoms with Gasteiger partial charge in [0.2, 0.25) is 0 Å². The number of benzene rings is 1. The van der Waals surface area contributed by atoms with E-state index in [1.165, 1.54) is 41.6 Å². The molecule has 31 heavy (non-hydrogen) atoms. The first kappa shape index (κ1) is 19.2. The fraction of sp³-hybridized carbons (Fsp3) is 0.417. The van der Waals surface area contributed by atoms with Crippen LogP contribution in [0.5, 0.6) is 0 Å². The monoisotopic (exact) mass is 433 g/mol. The van der Waals surface area contributed by atoms with Gasteiger partial charge in [-0.3, -0.25) is 4.90 Å². The fourth-order valence-electron chi connectivity index (χ4n) is 4.88. The lowest BCUT2D eigenvalue weighted by molar-refractivity contribution is 0.0987. The quantitative estimate of drug-likeness (QED) is 0.507.